The topological polar surface area (TPSA) is 30.5 Å². The van der Waals surface area contributed by atoms with Crippen LogP contribution in [0.5, 0.6) is 0 Å². The molecule has 3 heteroatoms. The van der Waals surface area contributed by atoms with Gasteiger partial charge in [-0.1, -0.05) is 26.2 Å². The summed E-state index contributed by atoms with van der Waals surface area (Å²) >= 11 is 0. The van der Waals surface area contributed by atoms with Crippen molar-refractivity contribution < 1.29 is 9.47 Å². The quantitative estimate of drug-likeness (QED) is 0.538. The molecule has 15 heavy (non-hydrogen) atoms. The van der Waals surface area contributed by atoms with Crippen LogP contribution in [0.1, 0.15) is 39.5 Å². The molecule has 0 aliphatic carbocycles. The Hall–Kier alpha value is -0.120. The van der Waals surface area contributed by atoms with Gasteiger partial charge >= 0.3 is 0 Å². The molecule has 3 nitrogen and oxygen atoms in total. The van der Waals surface area contributed by atoms with E-state index >= 15 is 0 Å². The average molecular weight is 217 g/mol. The lowest BCUT2D eigenvalue weighted by molar-refractivity contribution is 0.0711. The van der Waals surface area contributed by atoms with Crippen LogP contribution in [0, 0.1) is 0 Å². The number of ether oxygens (including phenoxy) is 2. The normalized spacial score (nSPS) is 13.0. The highest BCUT2D eigenvalue weighted by Gasteiger charge is 1.99. The SMILES string of the molecule is CCCCCC(C)NCCOCCOC. The lowest BCUT2D eigenvalue weighted by Gasteiger charge is -2.13. The van der Waals surface area contributed by atoms with Gasteiger partial charge in [-0.2, -0.15) is 0 Å². The fourth-order valence-corrected chi connectivity index (χ4v) is 1.42. The first kappa shape index (κ1) is 14.9. The van der Waals surface area contributed by atoms with E-state index in [9.17, 15) is 0 Å². The largest absolute Gasteiger partial charge is 0.382 e. The summed E-state index contributed by atoms with van der Waals surface area (Å²) in [7, 11) is 1.69. The summed E-state index contributed by atoms with van der Waals surface area (Å²) in [6.45, 7) is 7.58. The van der Waals surface area contributed by atoms with Crippen LogP contribution in [0.25, 0.3) is 0 Å². The number of hydrogen-bond donors (Lipinski definition) is 1. The third-order valence-corrected chi connectivity index (χ3v) is 2.41. The Morgan fingerprint density at radius 1 is 1.13 bits per heavy atom. The molecule has 0 spiro atoms. The number of hydrogen-bond acceptors (Lipinski definition) is 3. The van der Waals surface area contributed by atoms with Gasteiger partial charge in [0.15, 0.2) is 0 Å². The Balaban J connectivity index is 3.06. The van der Waals surface area contributed by atoms with Crippen molar-refractivity contribution in [3.05, 3.63) is 0 Å². The minimum atomic E-state index is 0.613. The molecule has 0 aromatic rings. The van der Waals surface area contributed by atoms with E-state index in [-0.39, 0.29) is 0 Å². The van der Waals surface area contributed by atoms with E-state index in [1.54, 1.807) is 7.11 Å². The van der Waals surface area contributed by atoms with Crippen molar-refractivity contribution in [2.45, 2.75) is 45.6 Å². The molecule has 0 aromatic heterocycles. The number of methoxy groups -OCH3 is 1. The van der Waals surface area contributed by atoms with E-state index in [4.69, 9.17) is 9.47 Å². The van der Waals surface area contributed by atoms with Crippen LogP contribution in [-0.4, -0.2) is 39.5 Å². The van der Waals surface area contributed by atoms with Crippen LogP contribution < -0.4 is 5.32 Å². The maximum atomic E-state index is 5.36. The van der Waals surface area contributed by atoms with Gasteiger partial charge in [0.25, 0.3) is 0 Å². The summed E-state index contributed by atoms with van der Waals surface area (Å²) in [5, 5.41) is 3.45. The molecule has 0 amide bonds. The molecule has 0 bridgehead atoms. The van der Waals surface area contributed by atoms with Crippen LogP contribution in [0.15, 0.2) is 0 Å². The van der Waals surface area contributed by atoms with Crippen molar-refractivity contribution in [3.63, 3.8) is 0 Å². The summed E-state index contributed by atoms with van der Waals surface area (Å²) in [5.41, 5.74) is 0. The predicted molar refractivity (Wildman–Crippen MR) is 64.3 cm³/mol. The van der Waals surface area contributed by atoms with E-state index in [1.165, 1.54) is 25.7 Å². The van der Waals surface area contributed by atoms with Gasteiger partial charge in [-0.3, -0.25) is 0 Å². The number of unbranched alkanes of at least 4 members (excludes halogenated alkanes) is 2. The van der Waals surface area contributed by atoms with Crippen LogP contribution >= 0.6 is 0 Å². The molecular formula is C12H27NO2. The zero-order valence-corrected chi connectivity index (χ0v) is 10.6. The van der Waals surface area contributed by atoms with Gasteiger partial charge < -0.3 is 14.8 Å². The van der Waals surface area contributed by atoms with Crippen molar-refractivity contribution >= 4 is 0 Å². The molecule has 1 N–H and O–H groups in total. The van der Waals surface area contributed by atoms with E-state index < -0.39 is 0 Å². The second-order valence-electron chi connectivity index (χ2n) is 3.96. The Morgan fingerprint density at radius 2 is 1.93 bits per heavy atom. The zero-order chi connectivity index (χ0) is 11.4. The van der Waals surface area contributed by atoms with Crippen molar-refractivity contribution in [2.24, 2.45) is 0 Å². The van der Waals surface area contributed by atoms with Gasteiger partial charge in [-0.25, -0.2) is 0 Å². The van der Waals surface area contributed by atoms with Gasteiger partial charge in [-0.15, -0.1) is 0 Å². The second kappa shape index (κ2) is 12.0. The highest BCUT2D eigenvalue weighted by atomic mass is 16.5. The van der Waals surface area contributed by atoms with Gasteiger partial charge in [0, 0.05) is 19.7 Å². The molecule has 0 aliphatic heterocycles. The maximum absolute atomic E-state index is 5.36. The summed E-state index contributed by atoms with van der Waals surface area (Å²) in [4.78, 5) is 0. The Kier molecular flexibility index (Phi) is 11.9. The molecule has 0 aliphatic rings. The molecule has 0 fully saturated rings. The summed E-state index contributed by atoms with van der Waals surface area (Å²) in [6, 6.07) is 0.613. The average Bonchev–Trinajstić information content (AvgIpc) is 2.23. The molecule has 0 heterocycles. The van der Waals surface area contributed by atoms with Crippen molar-refractivity contribution in [1.82, 2.24) is 5.32 Å². The van der Waals surface area contributed by atoms with Crippen molar-refractivity contribution in [3.8, 4) is 0 Å². The van der Waals surface area contributed by atoms with Gasteiger partial charge in [0.1, 0.15) is 0 Å². The Morgan fingerprint density at radius 3 is 2.60 bits per heavy atom. The van der Waals surface area contributed by atoms with Gasteiger partial charge in [-0.05, 0) is 13.3 Å². The highest BCUT2D eigenvalue weighted by Crippen LogP contribution is 2.02. The van der Waals surface area contributed by atoms with Crippen LogP contribution in [0.2, 0.25) is 0 Å². The number of nitrogens with one attached hydrogen (secondary N) is 1. The van der Waals surface area contributed by atoms with E-state index in [0.717, 1.165) is 13.2 Å². The van der Waals surface area contributed by atoms with Crippen LogP contribution in [-0.2, 0) is 9.47 Å². The molecule has 1 atom stereocenters. The van der Waals surface area contributed by atoms with Crippen LogP contribution in [0.4, 0.5) is 0 Å². The lowest BCUT2D eigenvalue weighted by atomic mass is 10.1. The molecular weight excluding hydrogens is 190 g/mol. The molecule has 0 radical (unpaired) electrons. The third-order valence-electron chi connectivity index (χ3n) is 2.41. The van der Waals surface area contributed by atoms with Crippen molar-refractivity contribution in [1.29, 1.82) is 0 Å². The lowest BCUT2D eigenvalue weighted by Crippen LogP contribution is -2.29. The predicted octanol–water partition coefficient (Wildman–Crippen LogP) is 2.21. The molecule has 92 valence electrons. The van der Waals surface area contributed by atoms with E-state index in [0.29, 0.717) is 19.3 Å². The van der Waals surface area contributed by atoms with Crippen LogP contribution in [0.3, 0.4) is 0 Å². The zero-order valence-electron chi connectivity index (χ0n) is 10.6. The highest BCUT2D eigenvalue weighted by molar-refractivity contribution is 4.59. The van der Waals surface area contributed by atoms with E-state index in [1.807, 2.05) is 0 Å². The number of rotatable bonds is 11. The smallest absolute Gasteiger partial charge is 0.0700 e. The Bertz CT molecular complexity index is 120. The molecule has 0 rings (SSSR count). The molecule has 0 aromatic carbocycles. The van der Waals surface area contributed by atoms with Crippen molar-refractivity contribution in [2.75, 3.05) is 33.5 Å². The summed E-state index contributed by atoms with van der Waals surface area (Å²) in [5.74, 6) is 0. The van der Waals surface area contributed by atoms with Gasteiger partial charge in [0.2, 0.25) is 0 Å². The first-order valence-electron chi connectivity index (χ1n) is 6.11. The van der Waals surface area contributed by atoms with E-state index in [2.05, 4.69) is 19.2 Å². The molecule has 1 unspecified atom stereocenters. The fourth-order valence-electron chi connectivity index (χ4n) is 1.42. The summed E-state index contributed by atoms with van der Waals surface area (Å²) < 4.78 is 10.3. The van der Waals surface area contributed by atoms with Gasteiger partial charge in [0.05, 0.1) is 19.8 Å². The summed E-state index contributed by atoms with van der Waals surface area (Å²) in [6.07, 6.45) is 5.24. The molecule has 0 saturated carbocycles. The second-order valence-corrected chi connectivity index (χ2v) is 3.96. The fraction of sp³-hybridized carbons (Fsp3) is 1.00. The first-order chi connectivity index (χ1) is 7.31. The third kappa shape index (κ3) is 11.8. The maximum Gasteiger partial charge on any atom is 0.0700 e. The minimum absolute atomic E-state index is 0.613. The standard InChI is InChI=1S/C12H27NO2/c1-4-5-6-7-12(2)13-8-9-15-11-10-14-3/h12-13H,4-11H2,1-3H3. The molecule has 0 saturated heterocycles. The Labute approximate surface area is 94.5 Å². The first-order valence-corrected chi connectivity index (χ1v) is 6.11. The minimum Gasteiger partial charge on any atom is -0.382 e. The monoisotopic (exact) mass is 217 g/mol.